The highest BCUT2D eigenvalue weighted by atomic mass is 127. The lowest BCUT2D eigenvalue weighted by Crippen LogP contribution is -2.25. The van der Waals surface area contributed by atoms with Gasteiger partial charge >= 0.3 is 5.97 Å². The molecule has 1 atom stereocenters. The lowest BCUT2D eigenvalue weighted by molar-refractivity contribution is -0.155. The Bertz CT molecular complexity index is 799. The van der Waals surface area contributed by atoms with Crippen LogP contribution in [0.15, 0.2) is 40.0 Å². The minimum atomic E-state index is -0.549. The fourth-order valence-electron chi connectivity index (χ4n) is 2.81. The maximum atomic E-state index is 12.4. The molecule has 2 rings (SSSR count). The van der Waals surface area contributed by atoms with E-state index in [0.29, 0.717) is 31.1 Å². The van der Waals surface area contributed by atoms with Gasteiger partial charge < -0.3 is 19.2 Å². The van der Waals surface area contributed by atoms with Gasteiger partial charge in [-0.3, -0.25) is 4.79 Å². The van der Waals surface area contributed by atoms with Crippen molar-refractivity contribution in [1.82, 2.24) is 5.16 Å². The summed E-state index contributed by atoms with van der Waals surface area (Å²) in [7, 11) is 0. The number of rotatable bonds is 10. The second-order valence-electron chi connectivity index (χ2n) is 7.66. The first-order valence-corrected chi connectivity index (χ1v) is 10.5. The molecule has 0 aliphatic heterocycles. The van der Waals surface area contributed by atoms with Crippen molar-refractivity contribution in [2.75, 3.05) is 6.61 Å². The van der Waals surface area contributed by atoms with Gasteiger partial charge in [-0.1, -0.05) is 40.6 Å². The largest absolute Gasteiger partial charge is 0.460 e. The molecule has 0 saturated heterocycles. The first-order valence-electron chi connectivity index (χ1n) is 9.46. The number of esters is 1. The van der Waals surface area contributed by atoms with Gasteiger partial charge in [0.15, 0.2) is 5.76 Å². The number of halogens is 1. The Morgan fingerprint density at radius 1 is 1.34 bits per heavy atom. The molecule has 0 fully saturated rings. The number of nitrogens with zero attached hydrogens (tertiary/aromatic N) is 2. The predicted molar refractivity (Wildman–Crippen MR) is 117 cm³/mol. The van der Waals surface area contributed by atoms with E-state index in [1.807, 2.05) is 51.1 Å². The highest BCUT2D eigenvalue weighted by Gasteiger charge is 2.26. The number of hydrogen-bond donors (Lipinski definition) is 1. The van der Waals surface area contributed by atoms with Gasteiger partial charge in [-0.05, 0) is 61.8 Å². The van der Waals surface area contributed by atoms with Crippen molar-refractivity contribution >= 4 is 34.8 Å². The number of oxime groups is 1. The van der Waals surface area contributed by atoms with E-state index >= 15 is 0 Å². The van der Waals surface area contributed by atoms with E-state index in [1.54, 1.807) is 0 Å². The topological polar surface area (TPSA) is 94.2 Å². The number of benzene rings is 1. The van der Waals surface area contributed by atoms with E-state index in [2.05, 4.69) is 32.9 Å². The molecule has 0 spiro atoms. The van der Waals surface area contributed by atoms with E-state index in [9.17, 15) is 4.79 Å². The van der Waals surface area contributed by atoms with Gasteiger partial charge in [0, 0.05) is 12.5 Å². The Morgan fingerprint density at radius 3 is 2.72 bits per heavy atom. The predicted octanol–water partition coefficient (Wildman–Crippen LogP) is 4.90. The van der Waals surface area contributed by atoms with Gasteiger partial charge in [0.25, 0.3) is 0 Å². The monoisotopic (exact) mass is 514 g/mol. The molecule has 8 heteroatoms. The Kier molecular flexibility index (Phi) is 9.09. The Morgan fingerprint density at radius 2 is 2.07 bits per heavy atom. The summed E-state index contributed by atoms with van der Waals surface area (Å²) >= 11 is 2.08. The number of hydrogen-bond acceptors (Lipinski definition) is 7. The normalized spacial score (nSPS) is 13.0. The van der Waals surface area contributed by atoms with Gasteiger partial charge in [-0.25, -0.2) is 0 Å². The SMILES string of the molecule is CC(C)(C)OC(=O)C[C@H](CCCOCc1ccccc1)c1noc(C=NO)c1I. The quantitative estimate of drug-likeness (QED) is 0.121. The average molecular weight is 514 g/mol. The first kappa shape index (κ1) is 23.3. The summed E-state index contributed by atoms with van der Waals surface area (Å²) in [4.78, 5) is 12.4. The van der Waals surface area contributed by atoms with E-state index < -0.39 is 5.60 Å². The Hall–Kier alpha value is -1.94. The highest BCUT2D eigenvalue weighted by molar-refractivity contribution is 14.1. The highest BCUT2D eigenvalue weighted by Crippen LogP contribution is 2.30. The molecule has 29 heavy (non-hydrogen) atoms. The molecule has 1 aromatic carbocycles. The zero-order valence-electron chi connectivity index (χ0n) is 16.9. The summed E-state index contributed by atoms with van der Waals surface area (Å²) in [5.41, 5.74) is 1.23. The third kappa shape index (κ3) is 8.14. The number of carbonyl (C=O) groups excluding carboxylic acids is 1. The third-order valence-electron chi connectivity index (χ3n) is 4.03. The zero-order chi connectivity index (χ0) is 21.3. The number of ether oxygens (including phenoxy) is 2. The number of carbonyl (C=O) groups is 1. The third-order valence-corrected chi connectivity index (χ3v) is 5.12. The summed E-state index contributed by atoms with van der Waals surface area (Å²) in [5.74, 6) is -0.108. The standard InChI is InChI=1S/C21H27IN2O5/c1-21(2,3)28-18(25)12-16(20-19(22)17(13-23-26)29-24-20)10-7-11-27-14-15-8-5-4-6-9-15/h4-6,8-9,13,16,26H,7,10-12,14H2,1-3H3/t16-/m0/s1. The summed E-state index contributed by atoms with van der Waals surface area (Å²) in [5, 5.41) is 15.8. The van der Waals surface area contributed by atoms with Crippen LogP contribution in [0.3, 0.4) is 0 Å². The molecule has 0 aliphatic rings. The maximum absolute atomic E-state index is 12.4. The fourth-order valence-corrected chi connectivity index (χ4v) is 3.58. The van der Waals surface area contributed by atoms with Crippen molar-refractivity contribution in [2.45, 2.75) is 58.2 Å². The molecule has 0 bridgehead atoms. The smallest absolute Gasteiger partial charge is 0.306 e. The molecular formula is C21H27IN2O5. The maximum Gasteiger partial charge on any atom is 0.306 e. The van der Waals surface area contributed by atoms with Crippen molar-refractivity contribution in [1.29, 1.82) is 0 Å². The minimum absolute atomic E-state index is 0.179. The lowest BCUT2D eigenvalue weighted by Gasteiger charge is -2.21. The lowest BCUT2D eigenvalue weighted by atomic mass is 9.95. The molecule has 0 saturated carbocycles. The van der Waals surface area contributed by atoms with Crippen molar-refractivity contribution in [2.24, 2.45) is 5.16 Å². The molecule has 158 valence electrons. The molecule has 7 nitrogen and oxygen atoms in total. The van der Waals surface area contributed by atoms with Gasteiger partial charge in [0.1, 0.15) is 17.5 Å². The van der Waals surface area contributed by atoms with Crippen molar-refractivity contribution in [3.05, 3.63) is 50.9 Å². The van der Waals surface area contributed by atoms with Crippen LogP contribution in [0.25, 0.3) is 0 Å². The van der Waals surface area contributed by atoms with Gasteiger partial charge in [0.05, 0.1) is 16.6 Å². The molecule has 1 N–H and O–H groups in total. The van der Waals surface area contributed by atoms with Gasteiger partial charge in [-0.15, -0.1) is 0 Å². The van der Waals surface area contributed by atoms with Gasteiger partial charge in [0.2, 0.25) is 0 Å². The second-order valence-corrected chi connectivity index (χ2v) is 8.74. The van der Waals surface area contributed by atoms with Crippen LogP contribution in [-0.4, -0.2) is 34.8 Å². The molecule has 1 aromatic heterocycles. The number of aromatic nitrogens is 1. The first-order chi connectivity index (χ1) is 13.8. The van der Waals surface area contributed by atoms with Crippen LogP contribution in [0.4, 0.5) is 0 Å². The molecule has 2 aromatic rings. The Labute approximate surface area is 184 Å². The van der Waals surface area contributed by atoms with Crippen LogP contribution in [0.5, 0.6) is 0 Å². The van der Waals surface area contributed by atoms with Crippen LogP contribution < -0.4 is 0 Å². The van der Waals surface area contributed by atoms with E-state index in [1.165, 1.54) is 6.21 Å². The molecule has 0 aliphatic carbocycles. The fraction of sp³-hybridized carbons (Fsp3) is 0.476. The summed E-state index contributed by atoms with van der Waals surface area (Å²) in [6.45, 7) is 6.64. The molecule has 1 heterocycles. The molecule has 0 unspecified atom stereocenters. The van der Waals surface area contributed by atoms with E-state index in [4.69, 9.17) is 19.2 Å². The summed E-state index contributed by atoms with van der Waals surface area (Å²) < 4.78 is 17.2. The molecule has 0 radical (unpaired) electrons. The van der Waals surface area contributed by atoms with Crippen molar-refractivity contribution < 1.29 is 24.0 Å². The van der Waals surface area contributed by atoms with Crippen LogP contribution in [0, 0.1) is 3.57 Å². The minimum Gasteiger partial charge on any atom is -0.460 e. The molecular weight excluding hydrogens is 487 g/mol. The van der Waals surface area contributed by atoms with E-state index in [-0.39, 0.29) is 18.3 Å². The van der Waals surface area contributed by atoms with Crippen LogP contribution in [0.1, 0.15) is 63.0 Å². The van der Waals surface area contributed by atoms with Crippen molar-refractivity contribution in [3.63, 3.8) is 0 Å². The average Bonchev–Trinajstić information content (AvgIpc) is 3.01. The van der Waals surface area contributed by atoms with Crippen LogP contribution in [-0.2, 0) is 20.9 Å². The molecule has 0 amide bonds. The summed E-state index contributed by atoms with van der Waals surface area (Å²) in [6, 6.07) is 9.98. The second kappa shape index (κ2) is 11.3. The van der Waals surface area contributed by atoms with Gasteiger partial charge in [-0.2, -0.15) is 0 Å². The van der Waals surface area contributed by atoms with Crippen LogP contribution >= 0.6 is 22.6 Å². The summed E-state index contributed by atoms with van der Waals surface area (Å²) in [6.07, 6.45) is 2.82. The van der Waals surface area contributed by atoms with Crippen LogP contribution in [0.2, 0.25) is 0 Å². The Balaban J connectivity index is 1.97. The zero-order valence-corrected chi connectivity index (χ0v) is 19.1. The van der Waals surface area contributed by atoms with E-state index in [0.717, 1.165) is 15.6 Å². The van der Waals surface area contributed by atoms with Crippen molar-refractivity contribution in [3.8, 4) is 0 Å².